The van der Waals surface area contributed by atoms with Crippen molar-refractivity contribution >= 4 is 18.0 Å². The summed E-state index contributed by atoms with van der Waals surface area (Å²) in [6.07, 6.45) is 6.56. The van der Waals surface area contributed by atoms with Crippen LogP contribution in [0.4, 0.5) is 4.79 Å². The van der Waals surface area contributed by atoms with Crippen LogP contribution in [0.1, 0.15) is 26.2 Å². The molecule has 1 fully saturated rings. The molecule has 0 unspecified atom stereocenters. The van der Waals surface area contributed by atoms with Gasteiger partial charge in [0.15, 0.2) is 0 Å². The minimum Gasteiger partial charge on any atom is -0.319 e. The van der Waals surface area contributed by atoms with Crippen LogP contribution in [0, 0.1) is 0 Å². The molecular weight excluding hydrogens is 274 g/mol. The molecule has 1 aromatic rings. The maximum absolute atomic E-state index is 12.3. The van der Waals surface area contributed by atoms with Gasteiger partial charge in [0, 0.05) is 38.1 Å². The fourth-order valence-corrected chi connectivity index (χ4v) is 3.00. The molecule has 1 saturated heterocycles. The summed E-state index contributed by atoms with van der Waals surface area (Å²) in [5.41, 5.74) is 0. The molecule has 2 heterocycles. The molecule has 0 N–H and O–H groups in total. The summed E-state index contributed by atoms with van der Waals surface area (Å²) in [6, 6.07) is -0.146. The van der Waals surface area contributed by atoms with Gasteiger partial charge in [0.25, 0.3) is 0 Å². The Bertz CT molecular complexity index is 455. The minimum atomic E-state index is -0.146. The van der Waals surface area contributed by atoms with Gasteiger partial charge < -0.3 is 4.90 Å². The van der Waals surface area contributed by atoms with Crippen LogP contribution in [0.15, 0.2) is 24.1 Å². The summed E-state index contributed by atoms with van der Waals surface area (Å²) in [5, 5.41) is 4.89. The average Bonchev–Trinajstić information content (AvgIpc) is 3.10. The van der Waals surface area contributed by atoms with Gasteiger partial charge in [-0.1, -0.05) is 13.0 Å². The van der Waals surface area contributed by atoms with Crippen molar-refractivity contribution in [3.8, 4) is 0 Å². The first-order valence-electron chi connectivity index (χ1n) is 6.99. The molecular formula is C13H21N5OS. The maximum atomic E-state index is 12.3. The molecule has 1 aliphatic rings. The molecule has 0 radical (unpaired) electrons. The lowest BCUT2D eigenvalue weighted by Gasteiger charge is -2.19. The molecule has 1 amide bonds. The van der Waals surface area contributed by atoms with E-state index in [1.165, 1.54) is 35.8 Å². The number of carbonyl (C=O) groups is 1. The van der Waals surface area contributed by atoms with Crippen LogP contribution in [0.25, 0.3) is 0 Å². The zero-order valence-corrected chi connectivity index (χ0v) is 12.7. The van der Waals surface area contributed by atoms with E-state index >= 15 is 0 Å². The second-order valence-corrected chi connectivity index (χ2v) is 5.78. The van der Waals surface area contributed by atoms with Crippen molar-refractivity contribution in [1.82, 2.24) is 24.0 Å². The van der Waals surface area contributed by atoms with Crippen LogP contribution in [-0.4, -0.2) is 56.2 Å². The van der Waals surface area contributed by atoms with Crippen molar-refractivity contribution in [2.24, 2.45) is 0 Å². The van der Waals surface area contributed by atoms with Crippen LogP contribution in [0.3, 0.4) is 0 Å². The van der Waals surface area contributed by atoms with Gasteiger partial charge in [-0.25, -0.2) is 14.1 Å². The topological polar surface area (TPSA) is 54.3 Å². The zero-order valence-electron chi connectivity index (χ0n) is 11.9. The Hall–Kier alpha value is -1.34. The molecule has 6 nitrogen and oxygen atoms in total. The standard InChI is InChI=1S/C13H21N5OS/c1-3-7-16(8-4-2)13(19)18-11-14-12(15-18)20-17-9-5-6-10-17/h3,11H,1,4-10H2,2H3. The molecule has 7 heteroatoms. The highest BCUT2D eigenvalue weighted by Crippen LogP contribution is 2.23. The number of carbonyl (C=O) groups excluding carboxylic acids is 1. The van der Waals surface area contributed by atoms with E-state index < -0.39 is 0 Å². The Morgan fingerprint density at radius 2 is 2.30 bits per heavy atom. The molecule has 0 saturated carbocycles. The molecule has 0 aromatic carbocycles. The van der Waals surface area contributed by atoms with Crippen LogP contribution >= 0.6 is 11.9 Å². The monoisotopic (exact) mass is 295 g/mol. The Kier molecular flexibility index (Phi) is 5.60. The Morgan fingerprint density at radius 1 is 1.55 bits per heavy atom. The molecule has 0 atom stereocenters. The number of nitrogens with zero attached hydrogens (tertiary/aromatic N) is 5. The van der Waals surface area contributed by atoms with Crippen LogP contribution < -0.4 is 0 Å². The maximum Gasteiger partial charge on any atom is 0.346 e. The van der Waals surface area contributed by atoms with Gasteiger partial charge in [-0.3, -0.25) is 0 Å². The summed E-state index contributed by atoms with van der Waals surface area (Å²) < 4.78 is 3.55. The molecule has 0 bridgehead atoms. The largest absolute Gasteiger partial charge is 0.346 e. The highest BCUT2D eigenvalue weighted by atomic mass is 32.2. The summed E-state index contributed by atoms with van der Waals surface area (Å²) in [4.78, 5) is 18.2. The second-order valence-electron chi connectivity index (χ2n) is 4.72. The van der Waals surface area contributed by atoms with Crippen molar-refractivity contribution in [1.29, 1.82) is 0 Å². The van der Waals surface area contributed by atoms with E-state index in [0.29, 0.717) is 18.2 Å². The SMILES string of the molecule is C=CCN(CCC)C(=O)n1cnc(SN2CCCC2)n1. The first-order chi connectivity index (χ1) is 9.74. The second kappa shape index (κ2) is 7.44. The molecule has 1 aromatic heterocycles. The average molecular weight is 295 g/mol. The smallest absolute Gasteiger partial charge is 0.319 e. The van der Waals surface area contributed by atoms with Gasteiger partial charge in [0.2, 0.25) is 5.16 Å². The molecule has 0 spiro atoms. The highest BCUT2D eigenvalue weighted by molar-refractivity contribution is 7.96. The third kappa shape index (κ3) is 3.83. The summed E-state index contributed by atoms with van der Waals surface area (Å²) in [7, 11) is 0. The van der Waals surface area contributed by atoms with Crippen molar-refractivity contribution < 1.29 is 4.79 Å². The van der Waals surface area contributed by atoms with E-state index in [4.69, 9.17) is 0 Å². The molecule has 0 aliphatic carbocycles. The minimum absolute atomic E-state index is 0.146. The Labute approximate surface area is 124 Å². The zero-order chi connectivity index (χ0) is 14.4. The summed E-state index contributed by atoms with van der Waals surface area (Å²) in [5.74, 6) is 0. The fraction of sp³-hybridized carbons (Fsp3) is 0.615. The third-order valence-electron chi connectivity index (χ3n) is 3.06. The van der Waals surface area contributed by atoms with Crippen molar-refractivity contribution in [3.05, 3.63) is 19.0 Å². The van der Waals surface area contributed by atoms with Crippen molar-refractivity contribution in [3.63, 3.8) is 0 Å². The summed E-state index contributed by atoms with van der Waals surface area (Å²) in [6.45, 7) is 9.07. The predicted octanol–water partition coefficient (Wildman–Crippen LogP) is 2.25. The quantitative estimate of drug-likeness (QED) is 0.595. The van der Waals surface area contributed by atoms with Crippen LogP contribution in [0.5, 0.6) is 0 Å². The molecule has 1 aliphatic heterocycles. The number of rotatable bonds is 6. The highest BCUT2D eigenvalue weighted by Gasteiger charge is 2.18. The Morgan fingerprint density at radius 3 is 2.95 bits per heavy atom. The van der Waals surface area contributed by atoms with Gasteiger partial charge in [0.05, 0.1) is 0 Å². The van der Waals surface area contributed by atoms with Gasteiger partial charge in [0.1, 0.15) is 6.33 Å². The van der Waals surface area contributed by atoms with Crippen molar-refractivity contribution in [2.45, 2.75) is 31.3 Å². The van der Waals surface area contributed by atoms with E-state index in [9.17, 15) is 4.79 Å². The number of aromatic nitrogens is 3. The first kappa shape index (κ1) is 15.1. The van der Waals surface area contributed by atoms with E-state index in [1.807, 2.05) is 6.92 Å². The fourth-order valence-electron chi connectivity index (χ4n) is 2.11. The third-order valence-corrected chi connectivity index (χ3v) is 4.03. The lowest BCUT2D eigenvalue weighted by Crippen LogP contribution is -2.35. The lowest BCUT2D eigenvalue weighted by molar-refractivity contribution is 0.201. The lowest BCUT2D eigenvalue weighted by atomic mass is 10.4. The molecule has 20 heavy (non-hydrogen) atoms. The van der Waals surface area contributed by atoms with Gasteiger partial charge in [-0.15, -0.1) is 11.7 Å². The van der Waals surface area contributed by atoms with Gasteiger partial charge in [-0.05, 0) is 19.3 Å². The van der Waals surface area contributed by atoms with E-state index in [2.05, 4.69) is 21.0 Å². The van der Waals surface area contributed by atoms with Gasteiger partial charge in [-0.2, -0.15) is 4.68 Å². The normalized spacial score (nSPS) is 15.4. The van der Waals surface area contributed by atoms with E-state index in [0.717, 1.165) is 19.5 Å². The van der Waals surface area contributed by atoms with E-state index in [1.54, 1.807) is 11.0 Å². The number of hydrogen-bond donors (Lipinski definition) is 0. The van der Waals surface area contributed by atoms with E-state index in [-0.39, 0.29) is 6.03 Å². The number of amides is 1. The molecule has 2 rings (SSSR count). The van der Waals surface area contributed by atoms with Gasteiger partial charge >= 0.3 is 6.03 Å². The predicted molar refractivity (Wildman–Crippen MR) is 79.5 cm³/mol. The number of hydrogen-bond acceptors (Lipinski definition) is 5. The Balaban J connectivity index is 1.98. The summed E-state index contributed by atoms with van der Waals surface area (Å²) >= 11 is 1.53. The first-order valence-corrected chi connectivity index (χ1v) is 7.76. The van der Waals surface area contributed by atoms with Crippen LogP contribution in [-0.2, 0) is 0 Å². The molecule has 110 valence electrons. The van der Waals surface area contributed by atoms with Crippen LogP contribution in [0.2, 0.25) is 0 Å². The van der Waals surface area contributed by atoms with Crippen molar-refractivity contribution in [2.75, 3.05) is 26.2 Å².